The summed E-state index contributed by atoms with van der Waals surface area (Å²) >= 11 is 0. The fourth-order valence-electron chi connectivity index (χ4n) is 5.09. The molecule has 0 saturated carbocycles. The standard InChI is InChI=1S/C24H36N4O2/c1-25-15-17-27(18-16-25)23(29)11-10-20-7-6-14-28(19-20)24(30)21-8-2-3-9-22(21)26-12-4-5-13-26/h2-3,8-9,20H,4-7,10-19H2,1H3. The number of likely N-dealkylation sites (tertiary alicyclic amines) is 1. The summed E-state index contributed by atoms with van der Waals surface area (Å²) in [5.74, 6) is 0.872. The molecule has 30 heavy (non-hydrogen) atoms. The molecule has 3 saturated heterocycles. The van der Waals surface area contributed by atoms with Gasteiger partial charge in [-0.1, -0.05) is 12.1 Å². The second-order valence-electron chi connectivity index (χ2n) is 9.19. The highest BCUT2D eigenvalue weighted by molar-refractivity contribution is 6.00. The van der Waals surface area contributed by atoms with Gasteiger partial charge in [0.25, 0.3) is 5.91 Å². The van der Waals surface area contributed by atoms with Crippen LogP contribution in [0.2, 0.25) is 0 Å². The number of carbonyl (C=O) groups excluding carboxylic acids is 2. The molecule has 3 aliphatic rings. The van der Waals surface area contributed by atoms with Gasteiger partial charge in [-0.2, -0.15) is 0 Å². The molecule has 0 aromatic heterocycles. The monoisotopic (exact) mass is 412 g/mol. The van der Waals surface area contributed by atoms with Crippen molar-refractivity contribution in [3.8, 4) is 0 Å². The Balaban J connectivity index is 1.33. The minimum Gasteiger partial charge on any atom is -0.371 e. The van der Waals surface area contributed by atoms with Crippen LogP contribution in [0.15, 0.2) is 24.3 Å². The molecule has 0 aliphatic carbocycles. The van der Waals surface area contributed by atoms with E-state index in [-0.39, 0.29) is 11.8 Å². The summed E-state index contributed by atoms with van der Waals surface area (Å²) in [6.07, 6.45) is 6.06. The van der Waals surface area contributed by atoms with E-state index in [1.165, 1.54) is 12.8 Å². The molecule has 1 aromatic rings. The first kappa shape index (κ1) is 21.2. The van der Waals surface area contributed by atoms with Gasteiger partial charge >= 0.3 is 0 Å². The first-order valence-corrected chi connectivity index (χ1v) is 11.7. The normalized spacial score (nSPS) is 23.1. The second-order valence-corrected chi connectivity index (χ2v) is 9.19. The number of benzene rings is 1. The Hall–Kier alpha value is -2.08. The van der Waals surface area contributed by atoms with Gasteiger partial charge < -0.3 is 19.6 Å². The van der Waals surface area contributed by atoms with Gasteiger partial charge in [-0.25, -0.2) is 0 Å². The molecule has 3 fully saturated rings. The third-order valence-electron chi connectivity index (χ3n) is 7.01. The number of nitrogens with zero attached hydrogens (tertiary/aromatic N) is 4. The summed E-state index contributed by atoms with van der Waals surface area (Å²) < 4.78 is 0. The predicted molar refractivity (Wildman–Crippen MR) is 120 cm³/mol. The largest absolute Gasteiger partial charge is 0.371 e. The van der Waals surface area contributed by atoms with Crippen molar-refractivity contribution in [2.24, 2.45) is 5.92 Å². The van der Waals surface area contributed by atoms with Crippen LogP contribution in [0.1, 0.15) is 48.9 Å². The summed E-state index contributed by atoms with van der Waals surface area (Å²) in [7, 11) is 2.11. The van der Waals surface area contributed by atoms with Gasteiger partial charge in [0, 0.05) is 64.5 Å². The first-order chi connectivity index (χ1) is 14.6. The minimum absolute atomic E-state index is 0.160. The number of piperazine rings is 1. The average molecular weight is 413 g/mol. The lowest BCUT2D eigenvalue weighted by Crippen LogP contribution is -2.47. The van der Waals surface area contributed by atoms with Crippen LogP contribution < -0.4 is 4.90 Å². The van der Waals surface area contributed by atoms with E-state index in [4.69, 9.17) is 0 Å². The van der Waals surface area contributed by atoms with Crippen LogP contribution in [0.3, 0.4) is 0 Å². The number of hydrogen-bond donors (Lipinski definition) is 0. The zero-order valence-electron chi connectivity index (χ0n) is 18.4. The smallest absolute Gasteiger partial charge is 0.255 e. The molecule has 1 aromatic carbocycles. The Kier molecular flexibility index (Phi) is 6.93. The molecule has 0 bridgehead atoms. The van der Waals surface area contributed by atoms with Crippen molar-refractivity contribution in [3.05, 3.63) is 29.8 Å². The lowest BCUT2D eigenvalue weighted by atomic mass is 9.92. The highest BCUT2D eigenvalue weighted by Crippen LogP contribution is 2.28. The number of amides is 2. The van der Waals surface area contributed by atoms with Gasteiger partial charge in [-0.15, -0.1) is 0 Å². The zero-order valence-corrected chi connectivity index (χ0v) is 18.4. The van der Waals surface area contributed by atoms with Gasteiger partial charge in [-0.3, -0.25) is 9.59 Å². The average Bonchev–Trinajstić information content (AvgIpc) is 3.32. The Bertz CT molecular complexity index is 738. The van der Waals surface area contributed by atoms with Crippen molar-refractivity contribution >= 4 is 17.5 Å². The number of hydrogen-bond acceptors (Lipinski definition) is 4. The van der Waals surface area contributed by atoms with Crippen molar-refractivity contribution < 1.29 is 9.59 Å². The first-order valence-electron chi connectivity index (χ1n) is 11.7. The lowest BCUT2D eigenvalue weighted by molar-refractivity contribution is -0.133. The van der Waals surface area contributed by atoms with Crippen LogP contribution in [-0.2, 0) is 4.79 Å². The quantitative estimate of drug-likeness (QED) is 0.746. The van der Waals surface area contributed by atoms with Gasteiger partial charge in [0.1, 0.15) is 0 Å². The molecule has 3 heterocycles. The molecule has 0 spiro atoms. The molecule has 1 atom stereocenters. The summed E-state index contributed by atoms with van der Waals surface area (Å²) in [5, 5.41) is 0. The van der Waals surface area contributed by atoms with Crippen LogP contribution >= 0.6 is 0 Å². The molecule has 2 amide bonds. The maximum atomic E-state index is 13.4. The number of carbonyl (C=O) groups is 2. The third-order valence-corrected chi connectivity index (χ3v) is 7.01. The Morgan fingerprint density at radius 3 is 2.40 bits per heavy atom. The van der Waals surface area contributed by atoms with Crippen LogP contribution in [0.25, 0.3) is 0 Å². The zero-order chi connectivity index (χ0) is 20.9. The maximum Gasteiger partial charge on any atom is 0.255 e. The van der Waals surface area contributed by atoms with Gasteiger partial charge in [0.2, 0.25) is 5.91 Å². The molecule has 0 N–H and O–H groups in total. The lowest BCUT2D eigenvalue weighted by Gasteiger charge is -2.35. The Morgan fingerprint density at radius 1 is 0.900 bits per heavy atom. The van der Waals surface area contributed by atoms with Gasteiger partial charge in [0.15, 0.2) is 0 Å². The van der Waals surface area contributed by atoms with E-state index in [0.29, 0.717) is 12.3 Å². The van der Waals surface area contributed by atoms with Crippen molar-refractivity contribution in [1.82, 2.24) is 14.7 Å². The minimum atomic E-state index is 0.160. The molecular formula is C24H36N4O2. The fraction of sp³-hybridized carbons (Fsp3) is 0.667. The summed E-state index contributed by atoms with van der Waals surface area (Å²) in [6, 6.07) is 8.08. The van der Waals surface area contributed by atoms with Crippen molar-refractivity contribution in [3.63, 3.8) is 0 Å². The topological polar surface area (TPSA) is 47.1 Å². The van der Waals surface area contributed by atoms with Crippen molar-refractivity contribution in [2.45, 2.75) is 38.5 Å². The van der Waals surface area contributed by atoms with E-state index >= 15 is 0 Å². The highest BCUT2D eigenvalue weighted by Gasteiger charge is 2.28. The molecule has 6 nitrogen and oxygen atoms in total. The second kappa shape index (κ2) is 9.82. The number of piperidine rings is 1. The fourth-order valence-corrected chi connectivity index (χ4v) is 5.09. The van der Waals surface area contributed by atoms with Crippen LogP contribution in [0.4, 0.5) is 5.69 Å². The SMILES string of the molecule is CN1CCN(C(=O)CCC2CCCN(C(=O)c3ccccc3N3CCCC3)C2)CC1. The molecule has 6 heteroatoms. The summed E-state index contributed by atoms with van der Waals surface area (Å²) in [4.78, 5) is 34.6. The number of anilines is 1. The molecule has 164 valence electrons. The van der Waals surface area contributed by atoms with E-state index in [9.17, 15) is 9.59 Å². The van der Waals surface area contributed by atoms with E-state index < -0.39 is 0 Å². The van der Waals surface area contributed by atoms with Crippen molar-refractivity contribution in [2.75, 3.05) is 64.3 Å². The van der Waals surface area contributed by atoms with Gasteiger partial charge in [0.05, 0.1) is 5.56 Å². The van der Waals surface area contributed by atoms with E-state index in [0.717, 1.165) is 82.9 Å². The molecular weight excluding hydrogens is 376 g/mol. The number of para-hydroxylation sites is 1. The van der Waals surface area contributed by atoms with Crippen LogP contribution in [0, 0.1) is 5.92 Å². The molecule has 0 radical (unpaired) electrons. The van der Waals surface area contributed by atoms with E-state index in [1.54, 1.807) is 0 Å². The predicted octanol–water partition coefficient (Wildman–Crippen LogP) is 2.69. The number of rotatable bonds is 5. The summed E-state index contributed by atoms with van der Waals surface area (Å²) in [5.41, 5.74) is 1.93. The Morgan fingerprint density at radius 2 is 1.63 bits per heavy atom. The highest BCUT2D eigenvalue weighted by atomic mass is 16.2. The van der Waals surface area contributed by atoms with Gasteiger partial charge in [-0.05, 0) is 57.2 Å². The number of likely N-dealkylation sites (N-methyl/N-ethyl adjacent to an activating group) is 1. The van der Waals surface area contributed by atoms with Crippen LogP contribution in [-0.4, -0.2) is 85.9 Å². The molecule has 1 unspecified atom stereocenters. The van der Waals surface area contributed by atoms with E-state index in [1.807, 2.05) is 28.0 Å². The Labute approximate surface area is 180 Å². The van der Waals surface area contributed by atoms with Crippen LogP contribution in [0.5, 0.6) is 0 Å². The summed E-state index contributed by atoms with van der Waals surface area (Å²) in [6.45, 7) is 7.32. The molecule has 3 aliphatic heterocycles. The maximum absolute atomic E-state index is 13.4. The van der Waals surface area contributed by atoms with E-state index in [2.05, 4.69) is 22.9 Å². The third kappa shape index (κ3) is 4.97. The molecule has 4 rings (SSSR count). The van der Waals surface area contributed by atoms with Crippen molar-refractivity contribution in [1.29, 1.82) is 0 Å².